The predicted octanol–water partition coefficient (Wildman–Crippen LogP) is 26.9. The van der Waals surface area contributed by atoms with Crippen molar-refractivity contribution in [3.05, 3.63) is 337 Å². The largest absolute Gasteiger partial charge is 0.437 e. The number of aryl methyl sites for hydroxylation is 8. The minimum atomic E-state index is -2.43. The number of para-hydroxylation sites is 4. The molecule has 1 atom stereocenters. The van der Waals surface area contributed by atoms with Crippen LogP contribution in [0.15, 0.2) is 315 Å². The Bertz CT molecular complexity index is 8800. The minimum Gasteiger partial charge on any atom is -0.437 e. The highest BCUT2D eigenvalue weighted by Crippen LogP contribution is 2.45. The van der Waals surface area contributed by atoms with Crippen molar-refractivity contribution in [1.82, 2.24) is 19.9 Å². The SMILES string of the molecule is Cc1cc2c(oc3nc4ccccc4cc32)c(-c2cc3ccccc3c[n+]2C)c1C.Cc1ccc2c(oc3nc4ccccc4cc32)c1-c1cc2ccccc2c[n+]1C.[2H]C(C)(C)c1ccc2c(-c3c(C)ccc4c3oc3nc5ccccc5cc34)[n+](C)ccc2c1.[2H]C([2H])([2H])C([2H])(C)c1ccc2c(-c3c(C)ccc4c3oc3nc5ccccc5cc34)[n+](C)ccc2c1. The average molecular weight is 1610 g/mol. The molecule has 0 saturated carbocycles. The van der Waals surface area contributed by atoms with Crippen molar-refractivity contribution in [2.24, 2.45) is 28.2 Å². The highest BCUT2D eigenvalue weighted by molar-refractivity contribution is 6.17. The van der Waals surface area contributed by atoms with Gasteiger partial charge in [-0.2, -0.15) is 0 Å². The predicted molar refractivity (Wildman–Crippen MR) is 504 cm³/mol. The molecule has 12 aromatic heterocycles. The number of hydrogen-bond donors (Lipinski definition) is 0. The molecule has 0 saturated heterocycles. The standard InChI is InChI=1S/2C29H25N2O.C27H21N2O.C26H19N2O/c2*1-17(2)19-10-12-22-20(15-19)13-14-31(4)27(22)26-18(3)9-11-23-24-16-21-7-5-6-8-25(21)30-29(24)32-28(23)26;1-16-12-21-22-13-19-9-6-7-11-23(19)28-27(22)30-26(21)25(17(16)2)24-14-18-8-4-5-10-20(18)15-29(24)3;1-16-11-12-20-21-13-18-8-5-6-10-22(18)27-26(21)29-25(20)24(16)23-14-17-7-3-4-9-19(17)15-28(23)2/h2*5-17H,1-4H3;4-15H,1-3H3;3-15H,1-2H3/q4*+1/i1D3,17D;17D;;. The zero-order valence-electron chi connectivity index (χ0n) is 75.5. The Morgan fingerprint density at radius 3 is 0.992 bits per heavy atom. The number of fused-ring (bicyclic) bond motifs is 20. The van der Waals surface area contributed by atoms with Gasteiger partial charge >= 0.3 is 0 Å². The van der Waals surface area contributed by atoms with Crippen LogP contribution < -0.4 is 18.3 Å². The van der Waals surface area contributed by atoms with Crippen molar-refractivity contribution in [2.45, 2.75) is 74.0 Å². The number of nitrogens with zero attached hydrogens (tertiary/aromatic N) is 8. The lowest BCUT2D eigenvalue weighted by Crippen LogP contribution is -2.30. The van der Waals surface area contributed by atoms with Gasteiger partial charge in [0.05, 0.1) is 55.1 Å². The monoisotopic (exact) mass is 1600 g/mol. The van der Waals surface area contributed by atoms with Crippen LogP contribution in [0.2, 0.25) is 0 Å². The van der Waals surface area contributed by atoms with Gasteiger partial charge in [0.15, 0.2) is 47.1 Å². The van der Waals surface area contributed by atoms with E-state index in [1.807, 2.05) is 118 Å². The van der Waals surface area contributed by atoms with Gasteiger partial charge in [0.1, 0.15) is 28.2 Å². The zero-order chi connectivity index (χ0) is 88.2. The fraction of sp³-hybridized carbons (Fsp3) is 0.135. The van der Waals surface area contributed by atoms with Gasteiger partial charge in [0, 0.05) is 107 Å². The Labute approximate surface area is 717 Å². The Balaban J connectivity index is 0.000000104. The Kier molecular flexibility index (Phi) is 17.0. The molecule has 0 fully saturated rings. The molecule has 594 valence electrons. The van der Waals surface area contributed by atoms with E-state index >= 15 is 0 Å². The number of rotatable bonds is 6. The quantitative estimate of drug-likeness (QED) is 0.151. The second-order valence-electron chi connectivity index (χ2n) is 33.1. The van der Waals surface area contributed by atoms with Crippen LogP contribution in [0.1, 0.15) is 85.2 Å². The second kappa shape index (κ2) is 29.8. The Morgan fingerprint density at radius 1 is 0.276 bits per heavy atom. The molecular formula is C111H90N8O4+4. The average Bonchev–Trinajstić information content (AvgIpc) is 1.55. The number of hydrogen-bond acceptors (Lipinski definition) is 8. The van der Waals surface area contributed by atoms with Gasteiger partial charge in [0.2, 0.25) is 45.6 Å². The summed E-state index contributed by atoms with van der Waals surface area (Å²) in [6.07, 6.45) is 8.42. The molecule has 0 bridgehead atoms. The van der Waals surface area contributed by atoms with Gasteiger partial charge in [-0.3, -0.25) is 0 Å². The third kappa shape index (κ3) is 13.0. The molecule has 12 heteroatoms. The molecule has 0 aliphatic heterocycles. The molecule has 12 nitrogen and oxygen atoms in total. The van der Waals surface area contributed by atoms with Crippen LogP contribution in [0.5, 0.6) is 0 Å². The van der Waals surface area contributed by atoms with Gasteiger partial charge in [-0.15, -0.1) is 0 Å². The first-order chi connectivity index (χ1) is 61.7. The number of aromatic nitrogens is 8. The van der Waals surface area contributed by atoms with Gasteiger partial charge in [-0.25, -0.2) is 38.2 Å². The molecule has 0 radical (unpaired) electrons. The molecule has 123 heavy (non-hydrogen) atoms. The highest BCUT2D eigenvalue weighted by Gasteiger charge is 2.30. The van der Waals surface area contributed by atoms with Crippen molar-refractivity contribution in [3.8, 4) is 45.0 Å². The van der Waals surface area contributed by atoms with E-state index in [9.17, 15) is 0 Å². The topological polar surface area (TPSA) is 120 Å². The van der Waals surface area contributed by atoms with E-state index in [1.54, 1.807) is 6.07 Å². The van der Waals surface area contributed by atoms with Crippen molar-refractivity contribution < 1.29 is 42.8 Å². The van der Waals surface area contributed by atoms with E-state index < -0.39 is 18.6 Å². The molecule has 0 amide bonds. The number of benzene rings is 12. The molecule has 0 aliphatic carbocycles. The lowest BCUT2D eigenvalue weighted by molar-refractivity contribution is -0.659. The maximum absolute atomic E-state index is 8.53. The molecular weight excluding hydrogens is 1510 g/mol. The molecule has 12 heterocycles. The van der Waals surface area contributed by atoms with Gasteiger partial charge in [-0.05, 0) is 186 Å². The summed E-state index contributed by atoms with van der Waals surface area (Å²) in [5.41, 5.74) is 25.8. The van der Waals surface area contributed by atoms with Crippen LogP contribution in [-0.4, -0.2) is 19.9 Å². The summed E-state index contributed by atoms with van der Waals surface area (Å²) >= 11 is 0. The van der Waals surface area contributed by atoms with E-state index in [2.05, 4.69) is 269 Å². The zero-order valence-corrected chi connectivity index (χ0v) is 70.5. The smallest absolute Gasteiger partial charge is 0.227 e. The first-order valence-electron chi connectivity index (χ1n) is 44.2. The minimum absolute atomic E-state index is 0.462. The lowest BCUT2D eigenvalue weighted by Gasteiger charge is -2.11. The first kappa shape index (κ1) is 70.0. The third-order valence-corrected chi connectivity index (χ3v) is 24.9. The van der Waals surface area contributed by atoms with Crippen LogP contribution in [0.25, 0.3) is 220 Å². The van der Waals surface area contributed by atoms with E-state index in [1.165, 1.54) is 45.2 Å². The fourth-order valence-electron chi connectivity index (χ4n) is 18.3. The van der Waals surface area contributed by atoms with Crippen LogP contribution in [0.4, 0.5) is 0 Å². The first-order valence-corrected chi connectivity index (χ1v) is 41.7. The van der Waals surface area contributed by atoms with E-state index in [-0.39, 0.29) is 0 Å². The normalized spacial score (nSPS) is 13.2. The summed E-state index contributed by atoms with van der Waals surface area (Å²) in [5.74, 6) is -2.35. The molecule has 12 aromatic carbocycles. The van der Waals surface area contributed by atoms with Crippen molar-refractivity contribution >= 4 is 175 Å². The third-order valence-electron chi connectivity index (χ3n) is 24.9. The molecule has 0 spiro atoms. The lowest BCUT2D eigenvalue weighted by atomic mass is 9.94. The molecule has 1 unspecified atom stereocenters. The summed E-state index contributed by atoms with van der Waals surface area (Å²) in [6, 6.07) is 93.6. The van der Waals surface area contributed by atoms with Gasteiger partial charge in [-0.1, -0.05) is 197 Å². The second-order valence-corrected chi connectivity index (χ2v) is 33.1. The van der Waals surface area contributed by atoms with Gasteiger partial charge in [0.25, 0.3) is 0 Å². The molecule has 24 rings (SSSR count). The maximum atomic E-state index is 8.53. The highest BCUT2D eigenvalue weighted by atomic mass is 16.4. The maximum Gasteiger partial charge on any atom is 0.227 e. The fourth-order valence-corrected chi connectivity index (χ4v) is 18.3. The van der Waals surface area contributed by atoms with Crippen LogP contribution >= 0.6 is 0 Å². The Hall–Kier alpha value is -14.9. The molecule has 24 aromatic rings. The summed E-state index contributed by atoms with van der Waals surface area (Å²) in [6.45, 7) is 13.5. The van der Waals surface area contributed by atoms with E-state index in [0.717, 1.165) is 192 Å². The Morgan fingerprint density at radius 2 is 0.602 bits per heavy atom. The number of furan rings is 4. The summed E-state index contributed by atoms with van der Waals surface area (Å²) < 4.78 is 74.8. The summed E-state index contributed by atoms with van der Waals surface area (Å²) in [5, 5.41) is 21.8. The van der Waals surface area contributed by atoms with E-state index in [4.69, 9.17) is 44.5 Å². The molecule has 0 aliphatic rings. The summed E-state index contributed by atoms with van der Waals surface area (Å²) in [4.78, 5) is 19.2. The van der Waals surface area contributed by atoms with Crippen LogP contribution in [0, 0.1) is 34.6 Å². The van der Waals surface area contributed by atoms with Crippen molar-refractivity contribution in [2.75, 3.05) is 0 Å². The summed E-state index contributed by atoms with van der Waals surface area (Å²) in [7, 11) is 8.26. The van der Waals surface area contributed by atoms with Crippen molar-refractivity contribution in [1.29, 1.82) is 0 Å². The van der Waals surface area contributed by atoms with E-state index in [0.29, 0.717) is 28.4 Å². The van der Waals surface area contributed by atoms with Crippen molar-refractivity contribution in [3.63, 3.8) is 0 Å². The molecule has 0 N–H and O–H groups in total. The number of pyridine rings is 8. The van der Waals surface area contributed by atoms with Gasteiger partial charge < -0.3 is 17.7 Å². The van der Waals surface area contributed by atoms with Crippen LogP contribution in [-0.2, 0) is 28.2 Å². The van der Waals surface area contributed by atoms with Crippen LogP contribution in [0.3, 0.4) is 0 Å².